The summed E-state index contributed by atoms with van der Waals surface area (Å²) in [5, 5.41) is 10.6. The van der Waals surface area contributed by atoms with Crippen LogP contribution in [-0.4, -0.2) is 49.1 Å². The Morgan fingerprint density at radius 2 is 2.16 bits per heavy atom. The summed E-state index contributed by atoms with van der Waals surface area (Å²) >= 11 is 0. The lowest BCUT2D eigenvalue weighted by molar-refractivity contribution is 0.102. The second kappa shape index (κ2) is 8.64. The molecule has 0 saturated carbocycles. The summed E-state index contributed by atoms with van der Waals surface area (Å²) in [6.45, 7) is 2.98. The molecular formula is C18H24N4O3. The second-order valence-corrected chi connectivity index (χ2v) is 6.00. The molecule has 2 N–H and O–H groups in total. The zero-order valence-electron chi connectivity index (χ0n) is 14.4. The number of rotatable bonds is 7. The van der Waals surface area contributed by atoms with Gasteiger partial charge in [-0.25, -0.2) is 0 Å². The molecule has 1 amide bonds. The first-order valence-electron chi connectivity index (χ1n) is 8.55. The summed E-state index contributed by atoms with van der Waals surface area (Å²) in [6.07, 6.45) is 4.09. The third-order valence-corrected chi connectivity index (χ3v) is 4.15. The lowest BCUT2D eigenvalue weighted by Gasteiger charge is -2.22. The first-order valence-corrected chi connectivity index (χ1v) is 8.55. The number of hydrogen-bond acceptors (Lipinski definition) is 5. The Bertz CT molecular complexity index is 678. The monoisotopic (exact) mass is 344 g/mol. The van der Waals surface area contributed by atoms with Crippen LogP contribution in [-0.2, 0) is 4.74 Å². The van der Waals surface area contributed by atoms with Gasteiger partial charge in [-0.2, -0.15) is 5.10 Å². The zero-order chi connectivity index (χ0) is 17.5. The van der Waals surface area contributed by atoms with Gasteiger partial charge in [-0.05, 0) is 49.7 Å². The number of nitrogens with one attached hydrogen (secondary N) is 2. The number of carbonyl (C=O) groups excluding carboxylic acids is 1. The largest absolute Gasteiger partial charge is 0.491 e. The molecule has 1 aromatic heterocycles. The van der Waals surface area contributed by atoms with Crippen LogP contribution >= 0.6 is 0 Å². The molecule has 7 heteroatoms. The first kappa shape index (κ1) is 17.4. The molecule has 0 bridgehead atoms. The van der Waals surface area contributed by atoms with Gasteiger partial charge in [-0.15, -0.1) is 0 Å². The molecule has 2 heterocycles. The number of anilines is 1. The van der Waals surface area contributed by atoms with Crippen molar-refractivity contribution in [3.05, 3.63) is 42.2 Å². The molecule has 2 aromatic rings. The van der Waals surface area contributed by atoms with Crippen LogP contribution in [0.3, 0.4) is 0 Å². The molecule has 1 fully saturated rings. The number of benzene rings is 1. The number of piperidine rings is 1. The van der Waals surface area contributed by atoms with Gasteiger partial charge in [-0.1, -0.05) is 0 Å². The third kappa shape index (κ3) is 4.80. The van der Waals surface area contributed by atoms with E-state index in [1.807, 2.05) is 35.1 Å². The van der Waals surface area contributed by atoms with Crippen molar-refractivity contribution in [2.75, 3.05) is 38.7 Å². The van der Waals surface area contributed by atoms with E-state index in [1.54, 1.807) is 13.2 Å². The van der Waals surface area contributed by atoms with E-state index in [1.165, 1.54) is 0 Å². The van der Waals surface area contributed by atoms with Crippen LogP contribution in [0.25, 0.3) is 0 Å². The SMILES string of the molecule is COCCOc1ccc(NC(=O)c2ccn(C3CCCNC3)n2)cc1. The average molecular weight is 344 g/mol. The summed E-state index contributed by atoms with van der Waals surface area (Å²) in [5.74, 6) is 0.527. The van der Waals surface area contributed by atoms with Gasteiger partial charge in [-0.3, -0.25) is 9.48 Å². The Hall–Kier alpha value is -2.38. The van der Waals surface area contributed by atoms with E-state index in [4.69, 9.17) is 9.47 Å². The molecule has 1 saturated heterocycles. The van der Waals surface area contributed by atoms with Crippen LogP contribution in [0.2, 0.25) is 0 Å². The van der Waals surface area contributed by atoms with Gasteiger partial charge in [0.15, 0.2) is 5.69 Å². The number of methoxy groups -OCH3 is 1. The molecule has 1 atom stereocenters. The molecule has 1 unspecified atom stereocenters. The third-order valence-electron chi connectivity index (χ3n) is 4.15. The van der Waals surface area contributed by atoms with Crippen molar-refractivity contribution in [1.82, 2.24) is 15.1 Å². The van der Waals surface area contributed by atoms with Gasteiger partial charge in [0.2, 0.25) is 0 Å². The van der Waals surface area contributed by atoms with Crippen LogP contribution in [0.4, 0.5) is 5.69 Å². The Morgan fingerprint density at radius 1 is 1.32 bits per heavy atom. The molecule has 3 rings (SSSR count). The Labute approximate surface area is 147 Å². The highest BCUT2D eigenvalue weighted by Crippen LogP contribution is 2.18. The molecule has 0 radical (unpaired) electrons. The fourth-order valence-electron chi connectivity index (χ4n) is 2.79. The van der Waals surface area contributed by atoms with Crippen LogP contribution < -0.4 is 15.4 Å². The first-order chi connectivity index (χ1) is 12.3. The number of hydrogen-bond donors (Lipinski definition) is 2. The van der Waals surface area contributed by atoms with Crippen LogP contribution in [0, 0.1) is 0 Å². The highest BCUT2D eigenvalue weighted by Gasteiger charge is 2.17. The topological polar surface area (TPSA) is 77.4 Å². The Balaban J connectivity index is 1.55. The molecular weight excluding hydrogens is 320 g/mol. The van der Waals surface area contributed by atoms with E-state index in [-0.39, 0.29) is 5.91 Å². The van der Waals surface area contributed by atoms with Gasteiger partial charge in [0, 0.05) is 25.5 Å². The van der Waals surface area contributed by atoms with E-state index >= 15 is 0 Å². The predicted octanol–water partition coefficient (Wildman–Crippen LogP) is 2.09. The van der Waals surface area contributed by atoms with E-state index in [0.29, 0.717) is 30.6 Å². The second-order valence-electron chi connectivity index (χ2n) is 6.00. The molecule has 0 aliphatic carbocycles. The van der Waals surface area contributed by atoms with Crippen molar-refractivity contribution in [2.45, 2.75) is 18.9 Å². The maximum atomic E-state index is 12.4. The lowest BCUT2D eigenvalue weighted by atomic mass is 10.1. The highest BCUT2D eigenvalue weighted by molar-refractivity contribution is 6.02. The highest BCUT2D eigenvalue weighted by atomic mass is 16.5. The normalized spacial score (nSPS) is 17.2. The van der Waals surface area contributed by atoms with Gasteiger partial charge < -0.3 is 20.1 Å². The average Bonchev–Trinajstić information content (AvgIpc) is 3.14. The number of ether oxygens (including phenoxy) is 2. The van der Waals surface area contributed by atoms with Gasteiger partial charge in [0.25, 0.3) is 5.91 Å². The van der Waals surface area contributed by atoms with E-state index in [2.05, 4.69) is 15.7 Å². The van der Waals surface area contributed by atoms with Crippen molar-refractivity contribution in [1.29, 1.82) is 0 Å². The summed E-state index contributed by atoms with van der Waals surface area (Å²) in [5.41, 5.74) is 1.13. The van der Waals surface area contributed by atoms with Gasteiger partial charge in [0.05, 0.1) is 12.6 Å². The molecule has 7 nitrogen and oxygen atoms in total. The standard InChI is InChI=1S/C18H24N4O3/c1-24-11-12-25-16-6-4-14(5-7-16)20-18(23)17-8-10-22(21-17)15-3-2-9-19-13-15/h4-8,10,15,19H,2-3,9,11-13H2,1H3,(H,20,23). The minimum atomic E-state index is -0.212. The summed E-state index contributed by atoms with van der Waals surface area (Å²) < 4.78 is 12.3. The quantitative estimate of drug-likeness (QED) is 0.752. The fourth-order valence-corrected chi connectivity index (χ4v) is 2.79. The number of amides is 1. The van der Waals surface area contributed by atoms with E-state index in [9.17, 15) is 4.79 Å². The van der Waals surface area contributed by atoms with Crippen LogP contribution in [0.15, 0.2) is 36.5 Å². The zero-order valence-corrected chi connectivity index (χ0v) is 14.4. The molecule has 1 aliphatic rings. The van der Waals surface area contributed by atoms with Crippen molar-refractivity contribution >= 4 is 11.6 Å². The minimum Gasteiger partial charge on any atom is -0.491 e. The lowest BCUT2D eigenvalue weighted by Crippen LogP contribution is -2.32. The van der Waals surface area contributed by atoms with E-state index < -0.39 is 0 Å². The summed E-state index contributed by atoms with van der Waals surface area (Å²) in [4.78, 5) is 12.4. The molecule has 1 aromatic carbocycles. The van der Waals surface area contributed by atoms with Crippen molar-refractivity contribution in [3.63, 3.8) is 0 Å². The van der Waals surface area contributed by atoms with Crippen molar-refractivity contribution in [3.8, 4) is 5.75 Å². The molecule has 134 valence electrons. The molecule has 1 aliphatic heterocycles. The smallest absolute Gasteiger partial charge is 0.276 e. The number of nitrogens with zero attached hydrogens (tertiary/aromatic N) is 2. The maximum Gasteiger partial charge on any atom is 0.276 e. The number of aromatic nitrogens is 2. The van der Waals surface area contributed by atoms with Gasteiger partial charge in [0.1, 0.15) is 12.4 Å². The van der Waals surface area contributed by atoms with Gasteiger partial charge >= 0.3 is 0 Å². The summed E-state index contributed by atoms with van der Waals surface area (Å²) in [7, 11) is 1.63. The molecule has 0 spiro atoms. The van der Waals surface area contributed by atoms with Crippen LogP contribution in [0.1, 0.15) is 29.4 Å². The van der Waals surface area contributed by atoms with E-state index in [0.717, 1.165) is 31.7 Å². The van der Waals surface area contributed by atoms with Crippen LogP contribution in [0.5, 0.6) is 5.75 Å². The predicted molar refractivity (Wildman–Crippen MR) is 95.1 cm³/mol. The van der Waals surface area contributed by atoms with Crippen molar-refractivity contribution in [2.24, 2.45) is 0 Å². The Morgan fingerprint density at radius 3 is 2.88 bits per heavy atom. The Kier molecular flexibility index (Phi) is 6.03. The maximum absolute atomic E-state index is 12.4. The fraction of sp³-hybridized carbons (Fsp3) is 0.444. The summed E-state index contributed by atoms with van der Waals surface area (Å²) in [6, 6.07) is 9.32. The molecule has 25 heavy (non-hydrogen) atoms. The number of carbonyl (C=O) groups is 1. The van der Waals surface area contributed by atoms with Crippen molar-refractivity contribution < 1.29 is 14.3 Å². The minimum absolute atomic E-state index is 0.212.